The van der Waals surface area contributed by atoms with Crippen LogP contribution in [0, 0.1) is 27.7 Å². The summed E-state index contributed by atoms with van der Waals surface area (Å²) < 4.78 is 0. The van der Waals surface area contributed by atoms with Crippen LogP contribution in [0.4, 0.5) is 0 Å². The van der Waals surface area contributed by atoms with Crippen molar-refractivity contribution in [2.45, 2.75) is 61.8 Å². The first kappa shape index (κ1) is 27.9. The van der Waals surface area contributed by atoms with Crippen molar-refractivity contribution in [3.8, 4) is 11.1 Å². The molecule has 0 atom stereocenters. The highest BCUT2D eigenvalue weighted by Gasteiger charge is 2.22. The van der Waals surface area contributed by atoms with E-state index in [0.29, 0.717) is 0 Å². The first-order valence-electron chi connectivity index (χ1n) is 11.0. The van der Waals surface area contributed by atoms with Crippen molar-refractivity contribution in [2.75, 3.05) is 0 Å². The highest BCUT2D eigenvalue weighted by molar-refractivity contribution is 5.63. The van der Waals surface area contributed by atoms with Gasteiger partial charge < -0.3 is 0 Å². The standard InChI is InChI=1S/C17H20.C14H14.2CH4/c1-13-5-9-15(10-6-13)17(3,4)16-11-7-14(2)8-12-16;1-11-3-7-13(8-4-11)14-9-5-12(2)6-10-14;;/h5-12H,1-4H3;3-10H,1-2H3;2*1H4. The molecule has 0 amide bonds. The van der Waals surface area contributed by atoms with Crippen LogP contribution in [-0.4, -0.2) is 0 Å². The van der Waals surface area contributed by atoms with Crippen molar-refractivity contribution in [1.29, 1.82) is 0 Å². The topological polar surface area (TPSA) is 0 Å². The Morgan fingerprint density at radius 1 is 0.364 bits per heavy atom. The average Bonchev–Trinajstić information content (AvgIpc) is 2.76. The highest BCUT2D eigenvalue weighted by atomic mass is 14.3. The molecule has 0 fully saturated rings. The monoisotopic (exact) mass is 438 g/mol. The second-order valence-electron chi connectivity index (χ2n) is 9.09. The molecule has 0 nitrogen and oxygen atoms in total. The lowest BCUT2D eigenvalue weighted by Crippen LogP contribution is -2.18. The number of hydrogen-bond acceptors (Lipinski definition) is 0. The summed E-state index contributed by atoms with van der Waals surface area (Å²) in [6, 6.07) is 34.9. The lowest BCUT2D eigenvalue weighted by atomic mass is 9.78. The SMILES string of the molecule is C.C.Cc1ccc(-c2ccc(C)cc2)cc1.Cc1ccc(C(C)(C)c2ccc(C)cc2)cc1. The van der Waals surface area contributed by atoms with Crippen LogP contribution in [0.3, 0.4) is 0 Å². The molecule has 33 heavy (non-hydrogen) atoms. The maximum Gasteiger partial charge on any atom is 0.0146 e. The zero-order valence-electron chi connectivity index (χ0n) is 19.7. The third-order valence-corrected chi connectivity index (χ3v) is 5.98. The molecule has 0 aliphatic rings. The Labute approximate surface area is 203 Å². The maximum absolute atomic E-state index is 2.28. The molecule has 4 rings (SSSR count). The third kappa shape index (κ3) is 7.46. The molecule has 174 valence electrons. The molecule has 4 aromatic rings. The van der Waals surface area contributed by atoms with Gasteiger partial charge in [-0.25, -0.2) is 0 Å². The van der Waals surface area contributed by atoms with E-state index in [1.54, 1.807) is 0 Å². The van der Waals surface area contributed by atoms with Crippen molar-refractivity contribution >= 4 is 0 Å². The summed E-state index contributed by atoms with van der Waals surface area (Å²) >= 11 is 0. The van der Waals surface area contributed by atoms with Crippen molar-refractivity contribution in [2.24, 2.45) is 0 Å². The van der Waals surface area contributed by atoms with Gasteiger partial charge in [0, 0.05) is 5.41 Å². The minimum Gasteiger partial charge on any atom is -0.0776 e. The maximum atomic E-state index is 2.28. The summed E-state index contributed by atoms with van der Waals surface area (Å²) in [5, 5.41) is 0. The Balaban J connectivity index is 0.000000316. The normalized spacial score (nSPS) is 10.2. The molecule has 0 N–H and O–H groups in total. The van der Waals surface area contributed by atoms with E-state index >= 15 is 0 Å². The molecule has 0 saturated carbocycles. The zero-order chi connectivity index (χ0) is 22.4. The summed E-state index contributed by atoms with van der Waals surface area (Å²) in [6.45, 7) is 13.0. The lowest BCUT2D eigenvalue weighted by molar-refractivity contribution is 0.640. The van der Waals surface area contributed by atoms with E-state index < -0.39 is 0 Å². The minimum absolute atomic E-state index is 0. The van der Waals surface area contributed by atoms with Crippen molar-refractivity contribution in [3.63, 3.8) is 0 Å². The van der Waals surface area contributed by atoms with Gasteiger partial charge in [-0.2, -0.15) is 0 Å². The first-order valence-corrected chi connectivity index (χ1v) is 11.0. The van der Waals surface area contributed by atoms with E-state index in [1.807, 2.05) is 0 Å². The van der Waals surface area contributed by atoms with E-state index in [0.717, 1.165) is 0 Å². The van der Waals surface area contributed by atoms with Gasteiger partial charge in [-0.3, -0.25) is 0 Å². The average molecular weight is 439 g/mol. The van der Waals surface area contributed by atoms with Crippen LogP contribution in [-0.2, 0) is 5.41 Å². The fourth-order valence-electron chi connectivity index (χ4n) is 3.60. The predicted octanol–water partition coefficient (Wildman–Crippen LogP) is 9.87. The van der Waals surface area contributed by atoms with Crippen LogP contribution in [0.5, 0.6) is 0 Å². The van der Waals surface area contributed by atoms with E-state index in [1.165, 1.54) is 44.5 Å². The number of aryl methyl sites for hydroxylation is 4. The van der Waals surface area contributed by atoms with E-state index in [-0.39, 0.29) is 20.3 Å². The van der Waals surface area contributed by atoms with Crippen LogP contribution in [0.25, 0.3) is 11.1 Å². The Bertz CT molecular complexity index is 988. The van der Waals surface area contributed by atoms with E-state index in [2.05, 4.69) is 139 Å². The molecule has 0 saturated heterocycles. The summed E-state index contributed by atoms with van der Waals surface area (Å²) in [5.41, 5.74) is 10.6. The van der Waals surface area contributed by atoms with Gasteiger partial charge in [0.1, 0.15) is 0 Å². The van der Waals surface area contributed by atoms with Crippen LogP contribution in [0.2, 0.25) is 0 Å². The second-order valence-corrected chi connectivity index (χ2v) is 9.09. The van der Waals surface area contributed by atoms with Crippen LogP contribution < -0.4 is 0 Å². The van der Waals surface area contributed by atoms with Gasteiger partial charge in [0.05, 0.1) is 0 Å². The Morgan fingerprint density at radius 3 is 0.818 bits per heavy atom. The highest BCUT2D eigenvalue weighted by Crippen LogP contribution is 2.31. The van der Waals surface area contributed by atoms with Gasteiger partial charge >= 0.3 is 0 Å². The van der Waals surface area contributed by atoms with Crippen molar-refractivity contribution in [3.05, 3.63) is 130 Å². The molecule has 0 radical (unpaired) electrons. The molecular formula is C33H42. The molecule has 0 heteroatoms. The lowest BCUT2D eigenvalue weighted by Gasteiger charge is -2.26. The van der Waals surface area contributed by atoms with Gasteiger partial charge in [0.2, 0.25) is 0 Å². The molecule has 0 spiro atoms. The van der Waals surface area contributed by atoms with Gasteiger partial charge in [-0.15, -0.1) is 0 Å². The molecule has 0 aliphatic carbocycles. The Morgan fingerprint density at radius 2 is 0.576 bits per heavy atom. The van der Waals surface area contributed by atoms with E-state index in [9.17, 15) is 0 Å². The van der Waals surface area contributed by atoms with Gasteiger partial charge in [0.25, 0.3) is 0 Å². The van der Waals surface area contributed by atoms with Gasteiger partial charge in [-0.1, -0.05) is 148 Å². The first-order chi connectivity index (χ1) is 14.8. The molecule has 0 aliphatic heterocycles. The van der Waals surface area contributed by atoms with Crippen molar-refractivity contribution < 1.29 is 0 Å². The van der Waals surface area contributed by atoms with E-state index in [4.69, 9.17) is 0 Å². The number of hydrogen-bond donors (Lipinski definition) is 0. The molecule has 0 unspecified atom stereocenters. The molecule has 0 heterocycles. The quantitative estimate of drug-likeness (QED) is 0.298. The third-order valence-electron chi connectivity index (χ3n) is 5.98. The Hall–Kier alpha value is -3.12. The number of rotatable bonds is 3. The van der Waals surface area contributed by atoms with Crippen LogP contribution in [0.15, 0.2) is 97.1 Å². The van der Waals surface area contributed by atoms with Crippen LogP contribution in [0.1, 0.15) is 62.1 Å². The molecule has 0 bridgehead atoms. The summed E-state index contributed by atoms with van der Waals surface area (Å²) in [7, 11) is 0. The number of benzene rings is 4. The fraction of sp³-hybridized carbons (Fsp3) is 0.273. The van der Waals surface area contributed by atoms with Crippen molar-refractivity contribution in [1.82, 2.24) is 0 Å². The van der Waals surface area contributed by atoms with Crippen LogP contribution >= 0.6 is 0 Å². The minimum atomic E-state index is 0. The summed E-state index contributed by atoms with van der Waals surface area (Å²) in [5.74, 6) is 0. The zero-order valence-corrected chi connectivity index (χ0v) is 19.7. The molecular weight excluding hydrogens is 396 g/mol. The van der Waals surface area contributed by atoms with Gasteiger partial charge in [-0.05, 0) is 49.9 Å². The Kier molecular flexibility index (Phi) is 10.3. The largest absolute Gasteiger partial charge is 0.0776 e. The fourth-order valence-corrected chi connectivity index (χ4v) is 3.60. The summed E-state index contributed by atoms with van der Waals surface area (Å²) in [6.07, 6.45) is 0. The molecule has 4 aromatic carbocycles. The molecule has 0 aromatic heterocycles. The predicted molar refractivity (Wildman–Crippen MR) is 149 cm³/mol. The second kappa shape index (κ2) is 12.2. The summed E-state index contributed by atoms with van der Waals surface area (Å²) in [4.78, 5) is 0. The smallest absolute Gasteiger partial charge is 0.0146 e. The van der Waals surface area contributed by atoms with Gasteiger partial charge in [0.15, 0.2) is 0 Å².